The number of carbonyl (C=O) groups is 2. The SMILES string of the molecule is CC(=O)C[C@@H](CCCC(=O)c1ccccc1)c1ccc(C)cc1. The van der Waals surface area contributed by atoms with Gasteiger partial charge in [0.15, 0.2) is 5.78 Å². The molecule has 0 radical (unpaired) electrons. The van der Waals surface area contributed by atoms with Crippen LogP contribution in [0.4, 0.5) is 0 Å². The van der Waals surface area contributed by atoms with Crippen molar-refractivity contribution in [1.82, 2.24) is 0 Å². The van der Waals surface area contributed by atoms with Crippen molar-refractivity contribution in [2.75, 3.05) is 0 Å². The van der Waals surface area contributed by atoms with Gasteiger partial charge in [-0.15, -0.1) is 0 Å². The molecule has 120 valence electrons. The van der Waals surface area contributed by atoms with Crippen LogP contribution in [0.3, 0.4) is 0 Å². The molecular formula is C21H24O2. The lowest BCUT2D eigenvalue weighted by Gasteiger charge is -2.16. The zero-order valence-corrected chi connectivity index (χ0v) is 13.9. The van der Waals surface area contributed by atoms with Gasteiger partial charge in [0.05, 0.1) is 0 Å². The number of ketones is 2. The Hall–Kier alpha value is -2.22. The van der Waals surface area contributed by atoms with E-state index < -0.39 is 0 Å². The van der Waals surface area contributed by atoms with Crippen molar-refractivity contribution in [3.05, 3.63) is 71.3 Å². The van der Waals surface area contributed by atoms with E-state index in [9.17, 15) is 9.59 Å². The van der Waals surface area contributed by atoms with Gasteiger partial charge in [0.1, 0.15) is 5.78 Å². The van der Waals surface area contributed by atoms with Crippen molar-refractivity contribution in [2.45, 2.75) is 45.4 Å². The van der Waals surface area contributed by atoms with E-state index in [-0.39, 0.29) is 17.5 Å². The Bertz CT molecular complexity index is 641. The first-order chi connectivity index (χ1) is 11.1. The van der Waals surface area contributed by atoms with Crippen LogP contribution in [0.15, 0.2) is 54.6 Å². The standard InChI is InChI=1S/C21H24O2/c1-16-11-13-18(14-12-16)20(15-17(2)22)9-6-10-21(23)19-7-4-3-5-8-19/h3-5,7-8,11-14,20H,6,9-10,15H2,1-2H3/t20-/m1/s1. The number of rotatable bonds is 8. The summed E-state index contributed by atoms with van der Waals surface area (Å²) >= 11 is 0. The highest BCUT2D eigenvalue weighted by Crippen LogP contribution is 2.26. The minimum atomic E-state index is 0.177. The molecule has 2 rings (SSSR count). The van der Waals surface area contributed by atoms with Gasteiger partial charge in [0.2, 0.25) is 0 Å². The Morgan fingerprint density at radius 2 is 1.61 bits per heavy atom. The van der Waals surface area contributed by atoms with E-state index in [2.05, 4.69) is 31.2 Å². The summed E-state index contributed by atoms with van der Waals surface area (Å²) in [6, 6.07) is 17.8. The van der Waals surface area contributed by atoms with Crippen LogP contribution in [0.1, 0.15) is 60.0 Å². The van der Waals surface area contributed by atoms with Crippen molar-refractivity contribution < 1.29 is 9.59 Å². The van der Waals surface area contributed by atoms with E-state index >= 15 is 0 Å². The first-order valence-corrected chi connectivity index (χ1v) is 8.20. The van der Waals surface area contributed by atoms with Crippen molar-refractivity contribution in [2.24, 2.45) is 0 Å². The van der Waals surface area contributed by atoms with Crippen LogP contribution in [0, 0.1) is 6.92 Å². The minimum absolute atomic E-state index is 0.177. The number of carbonyl (C=O) groups excluding carboxylic acids is 2. The molecule has 0 bridgehead atoms. The molecule has 0 aromatic heterocycles. The van der Waals surface area contributed by atoms with Crippen molar-refractivity contribution in [1.29, 1.82) is 0 Å². The van der Waals surface area contributed by atoms with Crippen LogP contribution in [-0.4, -0.2) is 11.6 Å². The molecule has 1 atom stereocenters. The Labute approximate surface area is 138 Å². The van der Waals surface area contributed by atoms with Crippen molar-refractivity contribution in [3.8, 4) is 0 Å². The first kappa shape index (κ1) is 17.1. The van der Waals surface area contributed by atoms with Crippen molar-refractivity contribution in [3.63, 3.8) is 0 Å². The molecule has 0 spiro atoms. The molecule has 0 saturated heterocycles. The van der Waals surface area contributed by atoms with Gasteiger partial charge in [-0.3, -0.25) is 4.79 Å². The van der Waals surface area contributed by atoms with Crippen LogP contribution in [0.25, 0.3) is 0 Å². The van der Waals surface area contributed by atoms with Crippen LogP contribution in [0.2, 0.25) is 0 Å². The van der Waals surface area contributed by atoms with Crippen LogP contribution >= 0.6 is 0 Å². The van der Waals surface area contributed by atoms with E-state index in [0.717, 1.165) is 18.4 Å². The molecule has 0 heterocycles. The zero-order valence-electron chi connectivity index (χ0n) is 13.9. The lowest BCUT2D eigenvalue weighted by atomic mass is 9.88. The van der Waals surface area contributed by atoms with Gasteiger partial charge >= 0.3 is 0 Å². The molecule has 0 aliphatic heterocycles. The van der Waals surface area contributed by atoms with E-state index in [1.807, 2.05) is 30.3 Å². The smallest absolute Gasteiger partial charge is 0.162 e. The Balaban J connectivity index is 1.94. The fourth-order valence-corrected chi connectivity index (χ4v) is 2.85. The molecule has 0 fully saturated rings. The summed E-state index contributed by atoms with van der Waals surface area (Å²) in [4.78, 5) is 23.7. The maximum atomic E-state index is 12.2. The quantitative estimate of drug-likeness (QED) is 0.635. The molecule has 0 aliphatic rings. The Morgan fingerprint density at radius 3 is 2.22 bits per heavy atom. The molecule has 23 heavy (non-hydrogen) atoms. The molecule has 2 aromatic rings. The van der Waals surface area contributed by atoms with Crippen LogP contribution in [0.5, 0.6) is 0 Å². The van der Waals surface area contributed by atoms with Gasteiger partial charge in [-0.2, -0.15) is 0 Å². The van der Waals surface area contributed by atoms with E-state index in [0.29, 0.717) is 12.8 Å². The average Bonchev–Trinajstić information content (AvgIpc) is 2.55. The van der Waals surface area contributed by atoms with Gasteiger partial charge in [0, 0.05) is 18.4 Å². The number of Topliss-reactive ketones (excluding diaryl/α,β-unsaturated/α-hetero) is 2. The van der Waals surface area contributed by atoms with Gasteiger partial charge in [0.25, 0.3) is 0 Å². The lowest BCUT2D eigenvalue weighted by molar-refractivity contribution is -0.117. The topological polar surface area (TPSA) is 34.1 Å². The third-order valence-electron chi connectivity index (χ3n) is 4.13. The van der Waals surface area contributed by atoms with Gasteiger partial charge in [-0.25, -0.2) is 0 Å². The van der Waals surface area contributed by atoms with Gasteiger partial charge in [-0.1, -0.05) is 60.2 Å². The number of benzene rings is 2. The number of hydrogen-bond acceptors (Lipinski definition) is 2. The molecule has 0 unspecified atom stereocenters. The summed E-state index contributed by atoms with van der Waals surface area (Å²) in [6.07, 6.45) is 2.74. The molecule has 0 amide bonds. The zero-order chi connectivity index (χ0) is 16.7. The summed E-state index contributed by atoms with van der Waals surface area (Å²) in [6.45, 7) is 3.69. The molecule has 2 nitrogen and oxygen atoms in total. The second-order valence-corrected chi connectivity index (χ2v) is 6.20. The molecule has 0 saturated carbocycles. The van der Waals surface area contributed by atoms with Crippen molar-refractivity contribution >= 4 is 11.6 Å². The van der Waals surface area contributed by atoms with Gasteiger partial charge < -0.3 is 4.79 Å². The Kier molecular flexibility index (Phi) is 6.28. The average molecular weight is 308 g/mol. The van der Waals surface area contributed by atoms with E-state index in [1.165, 1.54) is 11.1 Å². The summed E-state index contributed by atoms with van der Waals surface area (Å²) in [5, 5.41) is 0. The monoisotopic (exact) mass is 308 g/mol. The molecule has 0 aliphatic carbocycles. The maximum Gasteiger partial charge on any atom is 0.162 e. The highest BCUT2D eigenvalue weighted by atomic mass is 16.1. The third-order valence-corrected chi connectivity index (χ3v) is 4.13. The lowest BCUT2D eigenvalue weighted by Crippen LogP contribution is -2.06. The van der Waals surface area contributed by atoms with Crippen LogP contribution in [-0.2, 0) is 4.79 Å². The molecular weight excluding hydrogens is 284 g/mol. The minimum Gasteiger partial charge on any atom is -0.300 e. The second-order valence-electron chi connectivity index (χ2n) is 6.20. The summed E-state index contributed by atoms with van der Waals surface area (Å²) < 4.78 is 0. The molecule has 0 N–H and O–H groups in total. The first-order valence-electron chi connectivity index (χ1n) is 8.20. The predicted molar refractivity (Wildman–Crippen MR) is 93.8 cm³/mol. The normalized spacial score (nSPS) is 11.9. The largest absolute Gasteiger partial charge is 0.300 e. The van der Waals surface area contributed by atoms with E-state index in [4.69, 9.17) is 0 Å². The molecule has 2 aromatic carbocycles. The fourth-order valence-electron chi connectivity index (χ4n) is 2.85. The second kappa shape index (κ2) is 8.42. The number of aryl methyl sites for hydroxylation is 1. The third kappa shape index (κ3) is 5.48. The summed E-state index contributed by atoms with van der Waals surface area (Å²) in [5.41, 5.74) is 3.18. The predicted octanol–water partition coefficient (Wildman–Crippen LogP) is 5.11. The summed E-state index contributed by atoms with van der Waals surface area (Å²) in [7, 11) is 0. The fraction of sp³-hybridized carbons (Fsp3) is 0.333. The molecule has 2 heteroatoms. The Morgan fingerprint density at radius 1 is 0.957 bits per heavy atom. The highest BCUT2D eigenvalue weighted by molar-refractivity contribution is 5.95. The van der Waals surface area contributed by atoms with Crippen LogP contribution < -0.4 is 0 Å². The van der Waals surface area contributed by atoms with Gasteiger partial charge in [-0.05, 0) is 38.2 Å². The maximum absolute atomic E-state index is 12.2. The highest BCUT2D eigenvalue weighted by Gasteiger charge is 2.15. The summed E-state index contributed by atoms with van der Waals surface area (Å²) in [5.74, 6) is 0.581. The number of hydrogen-bond donors (Lipinski definition) is 0. The van der Waals surface area contributed by atoms with E-state index in [1.54, 1.807) is 6.92 Å².